The molecule has 118 valence electrons. The van der Waals surface area contributed by atoms with E-state index in [0.29, 0.717) is 0 Å². The average Bonchev–Trinajstić information content (AvgIpc) is 3.07. The maximum absolute atomic E-state index is 6.27. The highest BCUT2D eigenvalue weighted by Crippen LogP contribution is 2.53. The third-order valence-corrected chi connectivity index (χ3v) is 4.85. The van der Waals surface area contributed by atoms with E-state index < -0.39 is 0 Å². The number of hydrogen-bond donors (Lipinski definition) is 1. The molecule has 1 aliphatic rings. The number of H-pyrrole nitrogens is 1. The van der Waals surface area contributed by atoms with Gasteiger partial charge in [0.1, 0.15) is 0 Å². The number of ether oxygens (including phenoxy) is 2. The Hall–Kier alpha value is -3.46. The Balaban J connectivity index is 1.83. The lowest BCUT2D eigenvalue weighted by Crippen LogP contribution is -2.00. The van der Waals surface area contributed by atoms with Crippen molar-refractivity contribution < 1.29 is 9.47 Å². The minimum absolute atomic E-state index is 0.741. The molecule has 1 aliphatic heterocycles. The summed E-state index contributed by atoms with van der Waals surface area (Å²) in [4.78, 5) is 3.52. The molecule has 3 heteroatoms. The SMILES string of the molecule is c1ccc2c(c1)Oc1c(c3[nH]c4ccccc4c3c3ccccc13)O2. The van der Waals surface area contributed by atoms with Crippen molar-refractivity contribution in [1.82, 2.24) is 4.98 Å². The summed E-state index contributed by atoms with van der Waals surface area (Å²) < 4.78 is 12.5. The van der Waals surface area contributed by atoms with Gasteiger partial charge in [0.2, 0.25) is 0 Å². The standard InChI is InChI=1S/C22H13NO2/c1-2-8-14-13(7-1)19-15-9-3-4-10-16(15)23-20(19)22-21(14)24-17-11-5-6-12-18(17)25-22/h1-12,23H. The van der Waals surface area contributed by atoms with Crippen molar-refractivity contribution in [1.29, 1.82) is 0 Å². The Kier molecular flexibility index (Phi) is 2.35. The van der Waals surface area contributed by atoms with E-state index in [4.69, 9.17) is 9.47 Å². The minimum atomic E-state index is 0.741. The topological polar surface area (TPSA) is 34.2 Å². The lowest BCUT2D eigenvalue weighted by molar-refractivity contribution is 0.366. The van der Waals surface area contributed by atoms with Gasteiger partial charge < -0.3 is 14.5 Å². The van der Waals surface area contributed by atoms with E-state index in [2.05, 4.69) is 41.4 Å². The molecule has 1 aromatic heterocycles. The van der Waals surface area contributed by atoms with E-state index in [0.717, 1.165) is 44.8 Å². The summed E-state index contributed by atoms with van der Waals surface area (Å²) in [7, 11) is 0. The fourth-order valence-corrected chi connectivity index (χ4v) is 3.76. The van der Waals surface area contributed by atoms with E-state index in [1.54, 1.807) is 0 Å². The van der Waals surface area contributed by atoms with Crippen molar-refractivity contribution in [3.05, 3.63) is 72.8 Å². The smallest absolute Gasteiger partial charge is 0.194 e. The van der Waals surface area contributed by atoms with Gasteiger partial charge in [0.05, 0.1) is 5.52 Å². The van der Waals surface area contributed by atoms with Gasteiger partial charge in [0.15, 0.2) is 23.0 Å². The van der Waals surface area contributed by atoms with Gasteiger partial charge in [0.25, 0.3) is 0 Å². The summed E-state index contributed by atoms with van der Waals surface area (Å²) >= 11 is 0. The van der Waals surface area contributed by atoms with Crippen LogP contribution in [-0.4, -0.2) is 4.98 Å². The predicted molar refractivity (Wildman–Crippen MR) is 99.9 cm³/mol. The van der Waals surface area contributed by atoms with Crippen molar-refractivity contribution >= 4 is 32.6 Å². The normalized spacial score (nSPS) is 12.6. The maximum Gasteiger partial charge on any atom is 0.194 e. The Morgan fingerprint density at radius 1 is 0.560 bits per heavy atom. The van der Waals surface area contributed by atoms with Crippen LogP contribution < -0.4 is 9.47 Å². The average molecular weight is 323 g/mol. The van der Waals surface area contributed by atoms with Crippen LogP contribution in [0.5, 0.6) is 23.0 Å². The molecule has 0 saturated carbocycles. The molecular weight excluding hydrogens is 310 g/mol. The zero-order valence-electron chi connectivity index (χ0n) is 13.2. The molecule has 1 N–H and O–H groups in total. The predicted octanol–water partition coefficient (Wildman–Crippen LogP) is 6.37. The highest BCUT2D eigenvalue weighted by molar-refractivity contribution is 6.24. The second-order valence-electron chi connectivity index (χ2n) is 6.28. The largest absolute Gasteiger partial charge is 0.449 e. The summed E-state index contributed by atoms with van der Waals surface area (Å²) in [5, 5.41) is 4.59. The second kappa shape index (κ2) is 4.54. The number of benzene rings is 4. The van der Waals surface area contributed by atoms with Gasteiger partial charge in [-0.3, -0.25) is 0 Å². The highest BCUT2D eigenvalue weighted by atomic mass is 16.6. The van der Waals surface area contributed by atoms with Crippen molar-refractivity contribution in [3.63, 3.8) is 0 Å². The molecule has 0 aliphatic carbocycles. The first-order chi connectivity index (χ1) is 12.4. The lowest BCUT2D eigenvalue weighted by Gasteiger charge is -2.22. The summed E-state index contributed by atoms with van der Waals surface area (Å²) in [5.41, 5.74) is 2.07. The fraction of sp³-hybridized carbons (Fsp3) is 0. The third kappa shape index (κ3) is 1.64. The number of hydrogen-bond acceptors (Lipinski definition) is 2. The van der Waals surface area contributed by atoms with Crippen molar-refractivity contribution in [3.8, 4) is 23.0 Å². The van der Waals surface area contributed by atoms with Crippen LogP contribution in [-0.2, 0) is 0 Å². The van der Waals surface area contributed by atoms with Crippen LogP contribution in [0.15, 0.2) is 72.8 Å². The maximum atomic E-state index is 6.27. The third-order valence-electron chi connectivity index (χ3n) is 4.85. The number of rotatable bonds is 0. The molecule has 0 amide bonds. The molecule has 0 atom stereocenters. The number of fused-ring (bicyclic) bond motifs is 9. The Morgan fingerprint density at radius 2 is 1.16 bits per heavy atom. The zero-order chi connectivity index (χ0) is 16.4. The number of aromatic amines is 1. The van der Waals surface area contributed by atoms with Crippen LogP contribution in [0.2, 0.25) is 0 Å². The zero-order valence-corrected chi connectivity index (χ0v) is 13.2. The highest BCUT2D eigenvalue weighted by Gasteiger charge is 2.26. The summed E-state index contributed by atoms with van der Waals surface area (Å²) in [6.07, 6.45) is 0. The minimum Gasteiger partial charge on any atom is -0.449 e. The Labute approximate surface area is 143 Å². The van der Waals surface area contributed by atoms with Gasteiger partial charge in [-0.15, -0.1) is 0 Å². The summed E-state index contributed by atoms with van der Waals surface area (Å²) in [6.45, 7) is 0. The van der Waals surface area contributed by atoms with E-state index in [1.165, 1.54) is 10.8 Å². The first-order valence-corrected chi connectivity index (χ1v) is 8.30. The van der Waals surface area contributed by atoms with Gasteiger partial charge in [-0.25, -0.2) is 0 Å². The molecule has 5 aromatic rings. The summed E-state index contributed by atoms with van der Waals surface area (Å²) in [5.74, 6) is 3.01. The van der Waals surface area contributed by atoms with E-state index in [1.807, 2.05) is 36.4 Å². The van der Waals surface area contributed by atoms with Crippen LogP contribution in [0.4, 0.5) is 0 Å². The molecule has 0 fully saturated rings. The van der Waals surface area contributed by atoms with Crippen LogP contribution >= 0.6 is 0 Å². The number of aromatic nitrogens is 1. The lowest BCUT2D eigenvalue weighted by atomic mass is 10.0. The van der Waals surface area contributed by atoms with Crippen molar-refractivity contribution in [2.45, 2.75) is 0 Å². The molecule has 3 nitrogen and oxygen atoms in total. The molecule has 4 aromatic carbocycles. The molecular formula is C22H13NO2. The van der Waals surface area contributed by atoms with Crippen molar-refractivity contribution in [2.75, 3.05) is 0 Å². The second-order valence-corrected chi connectivity index (χ2v) is 6.28. The molecule has 0 bridgehead atoms. The molecule has 0 spiro atoms. The van der Waals surface area contributed by atoms with E-state index >= 15 is 0 Å². The molecule has 0 unspecified atom stereocenters. The first kappa shape index (κ1) is 12.9. The first-order valence-electron chi connectivity index (χ1n) is 8.30. The fourth-order valence-electron chi connectivity index (χ4n) is 3.76. The van der Waals surface area contributed by atoms with E-state index in [9.17, 15) is 0 Å². The number of nitrogens with one attached hydrogen (secondary N) is 1. The van der Waals surface area contributed by atoms with Crippen LogP contribution in [0.25, 0.3) is 32.6 Å². The van der Waals surface area contributed by atoms with E-state index in [-0.39, 0.29) is 0 Å². The van der Waals surface area contributed by atoms with Crippen LogP contribution in [0.1, 0.15) is 0 Å². The Morgan fingerprint density at radius 3 is 1.96 bits per heavy atom. The van der Waals surface area contributed by atoms with Crippen LogP contribution in [0.3, 0.4) is 0 Å². The van der Waals surface area contributed by atoms with Gasteiger partial charge in [0, 0.05) is 21.7 Å². The van der Waals surface area contributed by atoms with Crippen molar-refractivity contribution in [2.24, 2.45) is 0 Å². The van der Waals surface area contributed by atoms with Gasteiger partial charge in [-0.2, -0.15) is 0 Å². The van der Waals surface area contributed by atoms with Crippen LogP contribution in [0, 0.1) is 0 Å². The van der Waals surface area contributed by atoms with Gasteiger partial charge in [-0.05, 0) is 23.6 Å². The summed E-state index contributed by atoms with van der Waals surface area (Å²) in [6, 6.07) is 24.4. The molecule has 25 heavy (non-hydrogen) atoms. The quantitative estimate of drug-likeness (QED) is 0.352. The molecule has 6 rings (SSSR count). The molecule has 2 heterocycles. The van der Waals surface area contributed by atoms with Gasteiger partial charge >= 0.3 is 0 Å². The molecule has 0 radical (unpaired) electrons. The monoisotopic (exact) mass is 323 g/mol. The molecule has 0 saturated heterocycles. The number of para-hydroxylation sites is 3. The van der Waals surface area contributed by atoms with Gasteiger partial charge in [-0.1, -0.05) is 54.6 Å². The Bertz CT molecular complexity index is 1300.